The lowest BCUT2D eigenvalue weighted by molar-refractivity contribution is 0.112. The normalized spacial score (nSPS) is 10.0. The van der Waals surface area contributed by atoms with E-state index in [-0.39, 0.29) is 0 Å². The molecule has 2 nitrogen and oxygen atoms in total. The van der Waals surface area contributed by atoms with Crippen LogP contribution in [0.1, 0.15) is 15.2 Å². The van der Waals surface area contributed by atoms with Gasteiger partial charge >= 0.3 is 0 Å². The lowest BCUT2D eigenvalue weighted by Crippen LogP contribution is -1.99. The lowest BCUT2D eigenvalue weighted by Gasteiger charge is -2.02. The van der Waals surface area contributed by atoms with Gasteiger partial charge in [-0.2, -0.15) is 0 Å². The molecular formula is C13H12O2S. The Labute approximate surface area is 98.5 Å². The Bertz CT molecular complexity index is 448. The average Bonchev–Trinajstić information content (AvgIpc) is 2.78. The number of carbonyl (C=O) groups excluding carboxylic acids is 1. The molecule has 0 aliphatic carbocycles. The highest BCUT2D eigenvalue weighted by atomic mass is 32.1. The van der Waals surface area contributed by atoms with E-state index >= 15 is 0 Å². The van der Waals surface area contributed by atoms with Crippen LogP contribution >= 0.6 is 11.3 Å². The first-order valence-electron chi connectivity index (χ1n) is 5.10. The summed E-state index contributed by atoms with van der Waals surface area (Å²) in [6.45, 7) is 0.642. The predicted molar refractivity (Wildman–Crippen MR) is 65.3 cm³/mol. The van der Waals surface area contributed by atoms with E-state index in [1.807, 2.05) is 24.3 Å². The Balaban J connectivity index is 1.82. The van der Waals surface area contributed by atoms with E-state index in [9.17, 15) is 4.79 Å². The molecule has 0 saturated heterocycles. The molecule has 2 rings (SSSR count). The number of rotatable bonds is 5. The summed E-state index contributed by atoms with van der Waals surface area (Å²) in [5, 5.41) is 0.804. The monoisotopic (exact) mass is 232 g/mol. The number of hydrogen-bond donors (Lipinski definition) is 0. The van der Waals surface area contributed by atoms with Crippen molar-refractivity contribution in [2.24, 2.45) is 0 Å². The van der Waals surface area contributed by atoms with Crippen molar-refractivity contribution in [1.82, 2.24) is 0 Å². The molecule has 1 aromatic carbocycles. The molecule has 0 radical (unpaired) electrons. The minimum Gasteiger partial charge on any atom is -0.484 e. The van der Waals surface area contributed by atoms with E-state index < -0.39 is 0 Å². The highest BCUT2D eigenvalue weighted by Crippen LogP contribution is 2.22. The fraction of sp³-hybridized carbons (Fsp3) is 0.154. The summed E-state index contributed by atoms with van der Waals surface area (Å²) >= 11 is 1.38. The van der Waals surface area contributed by atoms with Crippen molar-refractivity contribution in [2.45, 2.75) is 6.42 Å². The minimum absolute atomic E-state index is 0.642. The summed E-state index contributed by atoms with van der Waals surface area (Å²) in [6.07, 6.45) is 1.73. The van der Waals surface area contributed by atoms with Gasteiger partial charge in [0.15, 0.2) is 11.3 Å². The van der Waals surface area contributed by atoms with Crippen LogP contribution in [0.4, 0.5) is 0 Å². The molecule has 2 aromatic rings. The van der Waals surface area contributed by atoms with Gasteiger partial charge in [0.1, 0.15) is 0 Å². The van der Waals surface area contributed by atoms with E-state index in [1.54, 1.807) is 6.07 Å². The molecule has 0 amide bonds. The van der Waals surface area contributed by atoms with Gasteiger partial charge < -0.3 is 4.74 Å². The second kappa shape index (κ2) is 5.47. The number of carbonyl (C=O) groups is 1. The second-order valence-corrected chi connectivity index (χ2v) is 4.44. The second-order valence-electron chi connectivity index (χ2n) is 3.36. The third-order valence-electron chi connectivity index (χ3n) is 2.20. The van der Waals surface area contributed by atoms with Crippen LogP contribution in [-0.2, 0) is 6.42 Å². The van der Waals surface area contributed by atoms with Crippen molar-refractivity contribution in [1.29, 1.82) is 0 Å². The molecule has 0 unspecified atom stereocenters. The molecule has 0 atom stereocenters. The van der Waals surface area contributed by atoms with Crippen molar-refractivity contribution in [3.05, 3.63) is 52.9 Å². The molecule has 1 aromatic heterocycles. The molecule has 3 heteroatoms. The minimum atomic E-state index is 0.642. The van der Waals surface area contributed by atoms with Crippen molar-refractivity contribution in [3.8, 4) is 5.06 Å². The Morgan fingerprint density at radius 2 is 1.94 bits per heavy atom. The number of aldehydes is 1. The van der Waals surface area contributed by atoms with Crippen LogP contribution in [0.15, 0.2) is 42.5 Å². The standard InChI is InChI=1S/C13H12O2S/c14-10-12-6-7-13(16-12)15-9-8-11-4-2-1-3-5-11/h1-7,10H,8-9H2. The van der Waals surface area contributed by atoms with Crippen LogP contribution < -0.4 is 4.74 Å². The highest BCUT2D eigenvalue weighted by molar-refractivity contribution is 7.15. The summed E-state index contributed by atoms with van der Waals surface area (Å²) in [4.78, 5) is 11.2. The average molecular weight is 232 g/mol. The maximum atomic E-state index is 10.5. The van der Waals surface area contributed by atoms with Gasteiger partial charge in [0.05, 0.1) is 11.5 Å². The third-order valence-corrected chi connectivity index (χ3v) is 3.12. The molecular weight excluding hydrogens is 220 g/mol. The number of thiophene rings is 1. The summed E-state index contributed by atoms with van der Waals surface area (Å²) in [7, 11) is 0. The Morgan fingerprint density at radius 3 is 2.62 bits per heavy atom. The van der Waals surface area contributed by atoms with Crippen LogP contribution in [0, 0.1) is 0 Å². The molecule has 0 aliphatic rings. The fourth-order valence-corrected chi connectivity index (χ4v) is 2.08. The Kier molecular flexibility index (Phi) is 3.72. The largest absolute Gasteiger partial charge is 0.484 e. The molecule has 0 N–H and O–H groups in total. The first kappa shape index (κ1) is 10.9. The van der Waals surface area contributed by atoms with E-state index in [1.165, 1.54) is 16.9 Å². The van der Waals surface area contributed by atoms with E-state index in [0.717, 1.165) is 17.8 Å². The van der Waals surface area contributed by atoms with Crippen molar-refractivity contribution >= 4 is 17.6 Å². The zero-order valence-electron chi connectivity index (χ0n) is 8.76. The zero-order chi connectivity index (χ0) is 11.2. The summed E-state index contributed by atoms with van der Waals surface area (Å²) in [6, 6.07) is 13.8. The first-order valence-corrected chi connectivity index (χ1v) is 5.92. The quantitative estimate of drug-likeness (QED) is 0.740. The van der Waals surface area contributed by atoms with Gasteiger partial charge in [-0.1, -0.05) is 41.7 Å². The van der Waals surface area contributed by atoms with E-state index in [4.69, 9.17) is 4.74 Å². The topological polar surface area (TPSA) is 26.3 Å². The highest BCUT2D eigenvalue weighted by Gasteiger charge is 1.99. The van der Waals surface area contributed by atoms with Gasteiger partial charge in [-0.05, 0) is 17.7 Å². The van der Waals surface area contributed by atoms with Gasteiger partial charge in [0.2, 0.25) is 0 Å². The lowest BCUT2D eigenvalue weighted by atomic mass is 10.2. The molecule has 0 saturated carbocycles. The van der Waals surface area contributed by atoms with Crippen molar-refractivity contribution in [2.75, 3.05) is 6.61 Å². The number of hydrogen-bond acceptors (Lipinski definition) is 3. The van der Waals surface area contributed by atoms with E-state index in [0.29, 0.717) is 11.5 Å². The van der Waals surface area contributed by atoms with E-state index in [2.05, 4.69) is 12.1 Å². The summed E-state index contributed by atoms with van der Waals surface area (Å²) < 4.78 is 5.55. The van der Waals surface area contributed by atoms with Crippen molar-refractivity contribution < 1.29 is 9.53 Å². The molecule has 82 valence electrons. The SMILES string of the molecule is O=Cc1ccc(OCCc2ccccc2)s1. The molecule has 0 bridgehead atoms. The van der Waals surface area contributed by atoms with Gasteiger partial charge in [0.25, 0.3) is 0 Å². The summed E-state index contributed by atoms with van der Waals surface area (Å²) in [5.41, 5.74) is 1.26. The van der Waals surface area contributed by atoms with Crippen LogP contribution in [0.3, 0.4) is 0 Å². The first-order chi connectivity index (χ1) is 7.88. The third kappa shape index (κ3) is 2.94. The predicted octanol–water partition coefficient (Wildman–Crippen LogP) is 3.18. The maximum absolute atomic E-state index is 10.5. The van der Waals surface area contributed by atoms with Crippen LogP contribution in [0.2, 0.25) is 0 Å². The Morgan fingerprint density at radius 1 is 1.12 bits per heavy atom. The molecule has 0 fully saturated rings. The van der Waals surface area contributed by atoms with Gasteiger partial charge in [-0.15, -0.1) is 0 Å². The van der Waals surface area contributed by atoms with Crippen LogP contribution in [-0.4, -0.2) is 12.9 Å². The molecule has 16 heavy (non-hydrogen) atoms. The Hall–Kier alpha value is -1.61. The van der Waals surface area contributed by atoms with Gasteiger partial charge in [-0.3, -0.25) is 4.79 Å². The molecule has 0 aliphatic heterocycles. The maximum Gasteiger partial charge on any atom is 0.174 e. The van der Waals surface area contributed by atoms with Gasteiger partial charge in [-0.25, -0.2) is 0 Å². The van der Waals surface area contributed by atoms with Crippen molar-refractivity contribution in [3.63, 3.8) is 0 Å². The molecule has 1 heterocycles. The number of benzene rings is 1. The summed E-state index contributed by atoms with van der Waals surface area (Å²) in [5.74, 6) is 0. The molecule has 0 spiro atoms. The van der Waals surface area contributed by atoms with Gasteiger partial charge in [0, 0.05) is 6.42 Å². The smallest absolute Gasteiger partial charge is 0.174 e. The zero-order valence-corrected chi connectivity index (χ0v) is 9.57. The number of ether oxygens (including phenoxy) is 1. The fourth-order valence-electron chi connectivity index (χ4n) is 1.39. The van der Waals surface area contributed by atoms with Crippen LogP contribution in [0.5, 0.6) is 5.06 Å². The van der Waals surface area contributed by atoms with Crippen LogP contribution in [0.25, 0.3) is 0 Å².